The molecule has 3 amide bonds. The average Bonchev–Trinajstić information content (AvgIpc) is 2.94. The molecule has 2 rings (SSSR count). The Balaban J connectivity index is 1.93. The summed E-state index contributed by atoms with van der Waals surface area (Å²) in [7, 11) is 0. The molecule has 6 nitrogen and oxygen atoms in total. The quantitative estimate of drug-likeness (QED) is 0.725. The minimum Gasteiger partial charge on any atom is -0.366 e. The zero-order valence-electron chi connectivity index (χ0n) is 13.9. The number of primary amides is 1. The lowest BCUT2D eigenvalue weighted by molar-refractivity contribution is -0.116. The van der Waals surface area contributed by atoms with Crippen molar-refractivity contribution in [2.75, 3.05) is 18.4 Å². The molecule has 0 radical (unpaired) electrons. The first-order chi connectivity index (χ1) is 12.3. The minimum absolute atomic E-state index is 0.118. The Morgan fingerprint density at radius 2 is 1.85 bits per heavy atom. The van der Waals surface area contributed by atoms with Crippen LogP contribution in [0.3, 0.4) is 0 Å². The Morgan fingerprint density at radius 1 is 1.19 bits per heavy atom. The number of benzene rings is 1. The van der Waals surface area contributed by atoms with Gasteiger partial charge in [0.25, 0.3) is 5.91 Å². The van der Waals surface area contributed by atoms with Crippen molar-refractivity contribution in [3.05, 3.63) is 50.1 Å². The lowest BCUT2D eigenvalue weighted by Crippen LogP contribution is -2.33. The first-order valence-electron chi connectivity index (χ1n) is 7.75. The van der Waals surface area contributed by atoms with Crippen molar-refractivity contribution in [3.8, 4) is 0 Å². The average molecular weight is 414 g/mol. The second kappa shape index (κ2) is 9.02. The molecule has 9 heteroatoms. The molecule has 138 valence electrons. The summed E-state index contributed by atoms with van der Waals surface area (Å²) in [5.74, 6) is -1.05. The molecule has 0 fully saturated rings. The second-order valence-electron chi connectivity index (χ2n) is 5.36. The molecule has 1 aromatic carbocycles. The van der Waals surface area contributed by atoms with Crippen LogP contribution in [0.4, 0.5) is 5.69 Å². The number of hydrogen-bond donors (Lipinski definition) is 2. The number of carbonyl (C=O) groups is 3. The van der Waals surface area contributed by atoms with E-state index in [2.05, 4.69) is 5.32 Å². The topological polar surface area (TPSA) is 92.5 Å². The molecule has 0 saturated heterocycles. The third-order valence-electron chi connectivity index (χ3n) is 3.62. The van der Waals surface area contributed by atoms with E-state index < -0.39 is 5.91 Å². The highest BCUT2D eigenvalue weighted by Gasteiger charge is 2.20. The lowest BCUT2D eigenvalue weighted by atomic mass is 10.2. The molecule has 3 N–H and O–H groups in total. The van der Waals surface area contributed by atoms with Gasteiger partial charge in [-0.05, 0) is 37.3 Å². The Kier molecular flexibility index (Phi) is 7.02. The monoisotopic (exact) mass is 413 g/mol. The molecule has 0 saturated carbocycles. The number of rotatable bonds is 7. The van der Waals surface area contributed by atoms with Crippen molar-refractivity contribution < 1.29 is 14.4 Å². The van der Waals surface area contributed by atoms with Crippen LogP contribution in [-0.4, -0.2) is 35.7 Å². The van der Waals surface area contributed by atoms with Crippen molar-refractivity contribution in [1.29, 1.82) is 0 Å². The first kappa shape index (κ1) is 20.2. The number of nitrogens with one attached hydrogen (secondary N) is 1. The van der Waals surface area contributed by atoms with Gasteiger partial charge in [0, 0.05) is 30.8 Å². The molecular formula is C17H17Cl2N3O3S. The van der Waals surface area contributed by atoms with Crippen LogP contribution in [0.2, 0.25) is 8.67 Å². The Hall–Kier alpha value is -2.09. The molecule has 0 unspecified atom stereocenters. The molecule has 0 atom stereocenters. The number of hydrogen-bond acceptors (Lipinski definition) is 4. The van der Waals surface area contributed by atoms with Gasteiger partial charge >= 0.3 is 0 Å². The Bertz CT molecular complexity index is 821. The summed E-state index contributed by atoms with van der Waals surface area (Å²) in [6.07, 6.45) is 0.118. The summed E-state index contributed by atoms with van der Waals surface area (Å²) in [6.45, 7) is 2.49. The SMILES string of the molecule is CCN(CCC(=O)Nc1ccc(C(N)=O)cc1)C(=O)c1cc(Cl)sc1Cl. The van der Waals surface area contributed by atoms with Crippen molar-refractivity contribution in [2.24, 2.45) is 5.73 Å². The highest BCUT2D eigenvalue weighted by Crippen LogP contribution is 2.31. The zero-order valence-corrected chi connectivity index (χ0v) is 16.2. The van der Waals surface area contributed by atoms with Gasteiger partial charge in [-0.15, -0.1) is 11.3 Å². The van der Waals surface area contributed by atoms with Crippen molar-refractivity contribution >= 4 is 57.9 Å². The van der Waals surface area contributed by atoms with Crippen LogP contribution >= 0.6 is 34.5 Å². The van der Waals surface area contributed by atoms with Crippen LogP contribution in [0, 0.1) is 0 Å². The fourth-order valence-electron chi connectivity index (χ4n) is 2.24. The van der Waals surface area contributed by atoms with E-state index in [1.165, 1.54) is 23.1 Å². The summed E-state index contributed by atoms with van der Waals surface area (Å²) < 4.78 is 0.768. The van der Waals surface area contributed by atoms with Gasteiger partial charge in [0.2, 0.25) is 11.8 Å². The highest BCUT2D eigenvalue weighted by atomic mass is 35.5. The molecule has 1 aromatic heterocycles. The Labute approximate surface area is 164 Å². The summed E-state index contributed by atoms with van der Waals surface area (Å²) in [5.41, 5.74) is 6.41. The van der Waals surface area contributed by atoms with E-state index in [1.807, 2.05) is 6.92 Å². The summed E-state index contributed by atoms with van der Waals surface area (Å²) >= 11 is 13.0. The molecule has 0 aliphatic rings. The fourth-order valence-corrected chi connectivity index (χ4v) is 3.69. The van der Waals surface area contributed by atoms with Crippen molar-refractivity contribution in [1.82, 2.24) is 4.90 Å². The number of halogens is 2. The first-order valence-corrected chi connectivity index (χ1v) is 9.33. The molecule has 0 bridgehead atoms. The van der Waals surface area contributed by atoms with Crippen molar-refractivity contribution in [2.45, 2.75) is 13.3 Å². The number of thiophene rings is 1. The van der Waals surface area contributed by atoms with Crippen LogP contribution in [0.15, 0.2) is 30.3 Å². The number of amides is 3. The molecule has 0 aliphatic heterocycles. The van der Waals surface area contributed by atoms with Gasteiger partial charge in [-0.1, -0.05) is 23.2 Å². The molecule has 26 heavy (non-hydrogen) atoms. The standard InChI is InChI=1S/C17H17Cl2N3O3S/c1-2-22(17(25)12-9-13(18)26-15(12)19)8-7-14(23)21-11-5-3-10(4-6-11)16(20)24/h3-6,9H,2,7-8H2,1H3,(H2,20,24)(H,21,23). The number of carbonyl (C=O) groups excluding carboxylic acids is 3. The van der Waals surface area contributed by atoms with Crippen molar-refractivity contribution in [3.63, 3.8) is 0 Å². The number of nitrogens with two attached hydrogens (primary N) is 1. The molecular weight excluding hydrogens is 397 g/mol. The van der Waals surface area contributed by atoms with Gasteiger partial charge in [0.05, 0.1) is 9.90 Å². The van der Waals surface area contributed by atoms with Gasteiger partial charge < -0.3 is 16.0 Å². The maximum atomic E-state index is 12.5. The van der Waals surface area contributed by atoms with E-state index in [0.29, 0.717) is 32.0 Å². The minimum atomic E-state index is -0.535. The van der Waals surface area contributed by atoms with Gasteiger partial charge in [-0.3, -0.25) is 14.4 Å². The smallest absolute Gasteiger partial charge is 0.256 e. The van der Waals surface area contributed by atoms with E-state index in [9.17, 15) is 14.4 Å². The van der Waals surface area contributed by atoms with Crippen LogP contribution in [-0.2, 0) is 4.79 Å². The largest absolute Gasteiger partial charge is 0.366 e. The van der Waals surface area contributed by atoms with Crippen LogP contribution in [0.5, 0.6) is 0 Å². The van der Waals surface area contributed by atoms with E-state index in [-0.39, 0.29) is 24.8 Å². The third kappa shape index (κ3) is 5.20. The predicted molar refractivity (Wildman–Crippen MR) is 104 cm³/mol. The molecule has 0 spiro atoms. The van der Waals surface area contributed by atoms with Gasteiger partial charge in [-0.25, -0.2) is 0 Å². The van der Waals surface area contributed by atoms with E-state index >= 15 is 0 Å². The summed E-state index contributed by atoms with van der Waals surface area (Å²) in [4.78, 5) is 37.2. The highest BCUT2D eigenvalue weighted by molar-refractivity contribution is 7.20. The van der Waals surface area contributed by atoms with Gasteiger partial charge in [-0.2, -0.15) is 0 Å². The third-order valence-corrected chi connectivity index (χ3v) is 5.11. The Morgan fingerprint density at radius 3 is 2.35 bits per heavy atom. The molecule has 0 aliphatic carbocycles. The van der Waals surface area contributed by atoms with Crippen LogP contribution < -0.4 is 11.1 Å². The van der Waals surface area contributed by atoms with Crippen LogP contribution in [0.1, 0.15) is 34.1 Å². The number of nitrogens with zero attached hydrogens (tertiary/aromatic N) is 1. The molecule has 2 aromatic rings. The van der Waals surface area contributed by atoms with Crippen LogP contribution in [0.25, 0.3) is 0 Å². The molecule has 1 heterocycles. The van der Waals surface area contributed by atoms with E-state index in [0.717, 1.165) is 11.3 Å². The number of anilines is 1. The van der Waals surface area contributed by atoms with E-state index in [4.69, 9.17) is 28.9 Å². The maximum absolute atomic E-state index is 12.5. The predicted octanol–water partition coefficient (Wildman–Crippen LogP) is 3.64. The second-order valence-corrected chi connectivity index (χ2v) is 7.65. The van der Waals surface area contributed by atoms with E-state index in [1.54, 1.807) is 12.1 Å². The zero-order chi connectivity index (χ0) is 19.3. The maximum Gasteiger partial charge on any atom is 0.256 e. The van der Waals surface area contributed by atoms with Gasteiger partial charge in [0.15, 0.2) is 0 Å². The normalized spacial score (nSPS) is 10.4. The lowest BCUT2D eigenvalue weighted by Gasteiger charge is -2.20. The summed E-state index contributed by atoms with van der Waals surface area (Å²) in [6, 6.07) is 7.77. The van der Waals surface area contributed by atoms with Gasteiger partial charge in [0.1, 0.15) is 4.34 Å². The summed E-state index contributed by atoms with van der Waals surface area (Å²) in [5, 5.41) is 2.71. The fraction of sp³-hybridized carbons (Fsp3) is 0.235.